The van der Waals surface area contributed by atoms with Gasteiger partial charge in [0.2, 0.25) is 0 Å². The normalized spacial score (nSPS) is 15.1. The van der Waals surface area contributed by atoms with E-state index in [9.17, 15) is 0 Å². The van der Waals surface area contributed by atoms with Crippen molar-refractivity contribution in [2.75, 3.05) is 0 Å². The molecular formula is C30H70O3Si4. The summed E-state index contributed by atoms with van der Waals surface area (Å²) in [5.74, 6) is 0. The molecular weight excluding hydrogens is 521 g/mol. The van der Waals surface area contributed by atoms with Crippen LogP contribution in [0.15, 0.2) is 0 Å². The molecule has 0 aromatic carbocycles. The first-order valence-electron chi connectivity index (χ1n) is 15.7. The molecule has 0 N–H and O–H groups in total. The summed E-state index contributed by atoms with van der Waals surface area (Å²) in [5, 5.41) is 0. The monoisotopic (exact) mass is 590 g/mol. The van der Waals surface area contributed by atoms with Gasteiger partial charge in [-0.3, -0.25) is 0 Å². The molecule has 0 aliphatic rings. The van der Waals surface area contributed by atoms with Crippen LogP contribution in [0.4, 0.5) is 0 Å². The minimum Gasteiger partial charge on any atom is -0.435 e. The number of rotatable bonds is 16. The molecule has 0 aromatic rings. The van der Waals surface area contributed by atoms with Crippen molar-refractivity contribution in [2.45, 2.75) is 194 Å². The van der Waals surface area contributed by atoms with Crippen molar-refractivity contribution in [1.29, 1.82) is 0 Å². The van der Waals surface area contributed by atoms with Crippen LogP contribution < -0.4 is 0 Å². The summed E-state index contributed by atoms with van der Waals surface area (Å²) >= 11 is 0. The fraction of sp³-hybridized carbons (Fsp3) is 1.00. The van der Waals surface area contributed by atoms with Crippen LogP contribution in [-0.4, -0.2) is 33.8 Å². The maximum Gasteiger partial charge on any atom is 0.324 e. The van der Waals surface area contributed by atoms with Crippen LogP contribution in [0, 0.1) is 0 Å². The molecule has 224 valence electrons. The van der Waals surface area contributed by atoms with Gasteiger partial charge in [0.1, 0.15) is 0 Å². The highest BCUT2D eigenvalue weighted by Crippen LogP contribution is 2.54. The fourth-order valence-corrected chi connectivity index (χ4v) is 39.2. The second-order valence-corrected chi connectivity index (χ2v) is 35.3. The Morgan fingerprint density at radius 2 is 0.405 bits per heavy atom. The topological polar surface area (TPSA) is 27.7 Å². The van der Waals surface area contributed by atoms with Crippen LogP contribution in [0.2, 0.25) is 55.4 Å². The zero-order chi connectivity index (χ0) is 29.9. The second kappa shape index (κ2) is 14.1. The Labute approximate surface area is 239 Å². The van der Waals surface area contributed by atoms with Crippen LogP contribution in [-0.2, 0) is 12.3 Å². The van der Waals surface area contributed by atoms with Crippen molar-refractivity contribution < 1.29 is 12.3 Å². The van der Waals surface area contributed by atoms with Gasteiger partial charge in [0.25, 0.3) is 0 Å². The van der Waals surface area contributed by atoms with Gasteiger partial charge in [-0.15, -0.1) is 0 Å². The summed E-state index contributed by atoms with van der Waals surface area (Å²) in [5.41, 5.74) is 4.63. The van der Waals surface area contributed by atoms with E-state index in [4.69, 9.17) is 12.3 Å². The summed E-state index contributed by atoms with van der Waals surface area (Å²) < 4.78 is 23.8. The Hall–Kier alpha value is 0.748. The third-order valence-corrected chi connectivity index (χ3v) is 34.8. The first-order valence-corrected chi connectivity index (χ1v) is 23.9. The lowest BCUT2D eigenvalue weighted by Crippen LogP contribution is -2.69. The fourth-order valence-electron chi connectivity index (χ4n) is 7.83. The first kappa shape index (κ1) is 37.7. The number of hydrogen-bond acceptors (Lipinski definition) is 3. The quantitative estimate of drug-likeness (QED) is 0.167. The largest absolute Gasteiger partial charge is 0.435 e. The van der Waals surface area contributed by atoms with Crippen molar-refractivity contribution >= 4 is 33.8 Å². The molecule has 0 bridgehead atoms. The van der Waals surface area contributed by atoms with Gasteiger partial charge in [-0.25, -0.2) is 0 Å². The molecule has 37 heavy (non-hydrogen) atoms. The van der Waals surface area contributed by atoms with Crippen molar-refractivity contribution in [2.24, 2.45) is 0 Å². The van der Waals surface area contributed by atoms with E-state index in [2.05, 4.69) is 138 Å². The van der Waals surface area contributed by atoms with E-state index < -0.39 is 33.8 Å². The molecule has 0 amide bonds. The summed E-state index contributed by atoms with van der Waals surface area (Å²) in [7, 11) is -9.77. The molecule has 0 unspecified atom stereocenters. The van der Waals surface area contributed by atoms with Gasteiger partial charge in [-0.1, -0.05) is 138 Å². The average Bonchev–Trinajstić information content (AvgIpc) is 2.70. The van der Waals surface area contributed by atoms with E-state index >= 15 is 0 Å². The van der Waals surface area contributed by atoms with Crippen LogP contribution in [0.5, 0.6) is 0 Å². The maximum atomic E-state index is 7.99. The SMILES string of the molecule is CC(C)[Si](O[Si](O[Si](C(C)C)(C(C)C)C(C)C)(C(C)C)C(C)C)(O[Si](C(C)C)(C(C)C)C(C)C)C(C)C. The molecule has 0 saturated carbocycles. The van der Waals surface area contributed by atoms with Gasteiger partial charge in [0.15, 0.2) is 16.6 Å². The van der Waals surface area contributed by atoms with Crippen molar-refractivity contribution in [3.05, 3.63) is 0 Å². The predicted molar refractivity (Wildman–Crippen MR) is 177 cm³/mol. The van der Waals surface area contributed by atoms with Gasteiger partial charge >= 0.3 is 17.1 Å². The van der Waals surface area contributed by atoms with Crippen molar-refractivity contribution in [3.8, 4) is 0 Å². The third-order valence-electron chi connectivity index (χ3n) is 9.62. The minimum absolute atomic E-state index is 0.358. The maximum absolute atomic E-state index is 7.99. The van der Waals surface area contributed by atoms with Gasteiger partial charge in [-0.2, -0.15) is 0 Å². The van der Waals surface area contributed by atoms with Crippen LogP contribution >= 0.6 is 0 Å². The number of hydrogen-bond donors (Lipinski definition) is 0. The molecule has 0 saturated heterocycles. The van der Waals surface area contributed by atoms with E-state index in [1.165, 1.54) is 0 Å². The van der Waals surface area contributed by atoms with Gasteiger partial charge in [0.05, 0.1) is 0 Å². The second-order valence-electron chi connectivity index (χ2n) is 15.0. The third kappa shape index (κ3) is 7.15. The summed E-state index contributed by atoms with van der Waals surface area (Å²) in [4.78, 5) is 0. The minimum atomic E-state index is -2.72. The summed E-state index contributed by atoms with van der Waals surface area (Å²) in [6.07, 6.45) is 0. The Morgan fingerprint density at radius 1 is 0.243 bits per heavy atom. The molecule has 0 aliphatic carbocycles. The molecule has 0 radical (unpaired) electrons. The first-order chi connectivity index (χ1) is 16.6. The molecule has 0 spiro atoms. The van der Waals surface area contributed by atoms with Gasteiger partial charge in [-0.05, 0) is 55.4 Å². The van der Waals surface area contributed by atoms with Crippen LogP contribution in [0.25, 0.3) is 0 Å². The van der Waals surface area contributed by atoms with E-state index in [1.807, 2.05) is 0 Å². The molecule has 0 rings (SSSR count). The Balaban J connectivity index is 7.49. The average molecular weight is 591 g/mol. The Kier molecular flexibility index (Phi) is 14.4. The molecule has 0 heterocycles. The Bertz CT molecular complexity index is 554. The standard InChI is InChI=1S/C30H70O3Si4/c1-21(2)34(22(3)4,23(5)6)31-36(27(13)14,28(15)16)33-37(29(17)18,30(19)20)32-35(24(7)8,25(9)10)26(11)12/h21-30H,1-20H3. The van der Waals surface area contributed by atoms with Gasteiger partial charge < -0.3 is 12.3 Å². The highest BCUT2D eigenvalue weighted by molar-refractivity contribution is 6.94. The lowest BCUT2D eigenvalue weighted by molar-refractivity contribution is 0.254. The highest BCUT2D eigenvalue weighted by Gasteiger charge is 2.63. The zero-order valence-corrected chi connectivity index (χ0v) is 33.0. The van der Waals surface area contributed by atoms with Gasteiger partial charge in [0, 0.05) is 0 Å². The molecule has 0 fully saturated rings. The van der Waals surface area contributed by atoms with Crippen molar-refractivity contribution in [1.82, 2.24) is 0 Å². The lowest BCUT2D eigenvalue weighted by Gasteiger charge is -2.57. The van der Waals surface area contributed by atoms with Crippen molar-refractivity contribution in [3.63, 3.8) is 0 Å². The Morgan fingerprint density at radius 3 is 0.514 bits per heavy atom. The molecule has 3 nitrogen and oxygen atoms in total. The van der Waals surface area contributed by atoms with E-state index in [1.54, 1.807) is 0 Å². The molecule has 0 atom stereocenters. The highest BCUT2D eigenvalue weighted by atomic mass is 28.5. The van der Waals surface area contributed by atoms with Crippen LogP contribution in [0.3, 0.4) is 0 Å². The summed E-state index contributed by atoms with van der Waals surface area (Å²) in [6, 6.07) is 0. The summed E-state index contributed by atoms with van der Waals surface area (Å²) in [6.45, 7) is 47.9. The smallest absolute Gasteiger partial charge is 0.324 e. The van der Waals surface area contributed by atoms with Crippen LogP contribution in [0.1, 0.15) is 138 Å². The molecule has 0 aliphatic heterocycles. The zero-order valence-electron chi connectivity index (χ0n) is 29.0. The molecule has 0 aromatic heterocycles. The van der Waals surface area contributed by atoms with E-state index in [0.29, 0.717) is 55.4 Å². The van der Waals surface area contributed by atoms with E-state index in [-0.39, 0.29) is 0 Å². The predicted octanol–water partition coefficient (Wildman–Crippen LogP) is 11.9. The molecule has 7 heteroatoms. The van der Waals surface area contributed by atoms with E-state index in [0.717, 1.165) is 0 Å². The lowest BCUT2D eigenvalue weighted by atomic mass is 10.5.